The van der Waals surface area contributed by atoms with Crippen molar-refractivity contribution in [1.82, 2.24) is 0 Å². The molecule has 4 nitrogen and oxygen atoms in total. The maximum Gasteiger partial charge on any atom is 0.129 e. The van der Waals surface area contributed by atoms with E-state index in [9.17, 15) is 9.18 Å². The molecule has 33 heavy (non-hydrogen) atoms. The molecule has 2 aromatic rings. The third kappa shape index (κ3) is 6.49. The Morgan fingerprint density at radius 2 is 2.00 bits per heavy atom. The number of aliphatic imine (C=N–C) groups is 2. The molecule has 0 saturated carbocycles. The van der Waals surface area contributed by atoms with E-state index in [4.69, 9.17) is 11.4 Å². The Hall–Kier alpha value is -3.52. The predicted octanol–water partition coefficient (Wildman–Crippen LogP) is 6.41. The number of hydrogen-bond donors (Lipinski definition) is 0. The molecule has 2 aromatic carbocycles. The maximum atomic E-state index is 13.5. The minimum Gasteiger partial charge on any atom is -0.306 e. The number of hydrogen-bond acceptors (Lipinski definition) is 3. The zero-order chi connectivity index (χ0) is 23.8. The number of nitrogens with zero attached hydrogens (tertiary/aromatic N) is 3. The van der Waals surface area contributed by atoms with Crippen LogP contribution in [0.25, 0.3) is 0 Å². The number of carbonyl (C=O) groups is 1. The number of anilines is 1. The lowest BCUT2D eigenvalue weighted by molar-refractivity contribution is -0.117. The normalized spacial score (nSPS) is 15.6. The lowest BCUT2D eigenvalue weighted by atomic mass is 10.00. The van der Waals surface area contributed by atoms with Gasteiger partial charge in [-0.2, -0.15) is 0 Å². The second-order valence-electron chi connectivity index (χ2n) is 8.32. The van der Waals surface area contributed by atoms with E-state index in [1.807, 2.05) is 17.9 Å². The Bertz CT molecular complexity index is 1110. The smallest absolute Gasteiger partial charge is 0.129 e. The number of Topliss-reactive ketones (excluding diaryl/α,β-unsaturated/α-hetero) is 1. The van der Waals surface area contributed by atoms with Gasteiger partial charge in [-0.15, -0.1) is 12.3 Å². The Morgan fingerprint density at radius 3 is 2.64 bits per heavy atom. The van der Waals surface area contributed by atoms with Crippen molar-refractivity contribution in [2.24, 2.45) is 15.9 Å². The van der Waals surface area contributed by atoms with Gasteiger partial charge in [-0.3, -0.25) is 4.99 Å². The number of carbonyl (C=O) groups excluding carboxylic acids is 1. The third-order valence-electron chi connectivity index (χ3n) is 5.71. The second-order valence-corrected chi connectivity index (χ2v) is 8.32. The fraction of sp³-hybridized carbons (Fsp3) is 0.321. The highest BCUT2D eigenvalue weighted by Crippen LogP contribution is 2.27. The average Bonchev–Trinajstić information content (AvgIpc) is 3.29. The summed E-state index contributed by atoms with van der Waals surface area (Å²) in [5, 5.41) is 0. The molecule has 1 unspecified atom stereocenters. The molecule has 0 N–H and O–H groups in total. The lowest BCUT2D eigenvalue weighted by Gasteiger charge is -2.23. The van der Waals surface area contributed by atoms with Crippen LogP contribution in [-0.2, 0) is 4.79 Å². The van der Waals surface area contributed by atoms with Crippen LogP contribution in [0.3, 0.4) is 0 Å². The Balaban J connectivity index is 1.95. The molecule has 0 aliphatic carbocycles. The van der Waals surface area contributed by atoms with Crippen molar-refractivity contribution < 1.29 is 9.18 Å². The van der Waals surface area contributed by atoms with Crippen molar-refractivity contribution in [1.29, 1.82) is 0 Å². The summed E-state index contributed by atoms with van der Waals surface area (Å²) < 4.78 is 13.5. The average molecular weight is 444 g/mol. The predicted molar refractivity (Wildman–Crippen MR) is 135 cm³/mol. The summed E-state index contributed by atoms with van der Waals surface area (Å²) in [6.07, 6.45) is 10.8. The van der Waals surface area contributed by atoms with Gasteiger partial charge >= 0.3 is 0 Å². The SMILES string of the molecule is C#CC1CN=C(c2ccc(C)c(N=C(CCCCC(C)=O)N(C=C)c3ccc(F)cc3)c2)C1. The molecule has 1 atom stereocenters. The molecule has 0 fully saturated rings. The van der Waals surface area contributed by atoms with Crippen LogP contribution in [0.2, 0.25) is 0 Å². The van der Waals surface area contributed by atoms with Crippen LogP contribution in [0.4, 0.5) is 15.8 Å². The van der Waals surface area contributed by atoms with E-state index in [1.54, 1.807) is 25.3 Å². The molecule has 5 heteroatoms. The topological polar surface area (TPSA) is 45.0 Å². The van der Waals surface area contributed by atoms with Gasteiger partial charge < -0.3 is 9.69 Å². The summed E-state index contributed by atoms with van der Waals surface area (Å²) in [5.74, 6) is 3.61. The van der Waals surface area contributed by atoms with Gasteiger partial charge in [0, 0.05) is 42.8 Å². The van der Waals surface area contributed by atoms with Crippen molar-refractivity contribution in [2.45, 2.75) is 46.0 Å². The Labute approximate surface area is 196 Å². The molecule has 0 spiro atoms. The van der Waals surface area contributed by atoms with Crippen molar-refractivity contribution in [3.05, 3.63) is 72.2 Å². The van der Waals surface area contributed by atoms with Gasteiger partial charge in [-0.1, -0.05) is 18.7 Å². The zero-order valence-corrected chi connectivity index (χ0v) is 19.4. The highest BCUT2D eigenvalue weighted by atomic mass is 19.1. The summed E-state index contributed by atoms with van der Waals surface area (Å²) in [6.45, 7) is 8.25. The fourth-order valence-electron chi connectivity index (χ4n) is 3.80. The molecule has 3 rings (SSSR count). The van der Waals surface area contributed by atoms with Crippen LogP contribution in [0, 0.1) is 31.0 Å². The molecule has 0 amide bonds. The highest BCUT2D eigenvalue weighted by molar-refractivity contribution is 6.04. The molecule has 1 heterocycles. The van der Waals surface area contributed by atoms with Crippen molar-refractivity contribution in [2.75, 3.05) is 11.4 Å². The van der Waals surface area contributed by atoms with E-state index >= 15 is 0 Å². The van der Waals surface area contributed by atoms with Gasteiger partial charge in [0.1, 0.15) is 17.4 Å². The molecule has 0 saturated heterocycles. The van der Waals surface area contributed by atoms with Gasteiger partial charge in [0.25, 0.3) is 0 Å². The largest absolute Gasteiger partial charge is 0.306 e. The summed E-state index contributed by atoms with van der Waals surface area (Å²) in [5.41, 5.74) is 4.70. The Morgan fingerprint density at radius 1 is 1.27 bits per heavy atom. The lowest BCUT2D eigenvalue weighted by Crippen LogP contribution is -2.25. The number of unbranched alkanes of at least 4 members (excludes halogenated alkanes) is 1. The van der Waals surface area contributed by atoms with Gasteiger partial charge in [-0.05, 0) is 68.1 Å². The van der Waals surface area contributed by atoms with E-state index in [0.29, 0.717) is 19.4 Å². The van der Waals surface area contributed by atoms with E-state index in [-0.39, 0.29) is 17.5 Å². The quantitative estimate of drug-likeness (QED) is 0.195. The van der Waals surface area contributed by atoms with E-state index in [0.717, 1.165) is 53.3 Å². The summed E-state index contributed by atoms with van der Waals surface area (Å²) in [4.78, 5) is 22.9. The molecule has 170 valence electrons. The fourth-order valence-corrected chi connectivity index (χ4v) is 3.80. The number of benzene rings is 2. The number of ketones is 1. The van der Waals surface area contributed by atoms with Gasteiger partial charge in [-0.25, -0.2) is 9.38 Å². The van der Waals surface area contributed by atoms with E-state index in [1.165, 1.54) is 12.1 Å². The van der Waals surface area contributed by atoms with Crippen LogP contribution >= 0.6 is 0 Å². The van der Waals surface area contributed by atoms with Gasteiger partial charge in [0.05, 0.1) is 12.2 Å². The maximum absolute atomic E-state index is 13.5. The summed E-state index contributed by atoms with van der Waals surface area (Å²) in [7, 11) is 0. The van der Waals surface area contributed by atoms with Crippen LogP contribution in [0.5, 0.6) is 0 Å². The zero-order valence-electron chi connectivity index (χ0n) is 19.4. The summed E-state index contributed by atoms with van der Waals surface area (Å²) in [6, 6.07) is 12.4. The first-order chi connectivity index (χ1) is 15.9. The van der Waals surface area contributed by atoms with Crippen LogP contribution in [0.15, 0.2) is 65.2 Å². The van der Waals surface area contributed by atoms with Crippen LogP contribution in [-0.4, -0.2) is 23.9 Å². The van der Waals surface area contributed by atoms with Crippen molar-refractivity contribution in [3.8, 4) is 12.3 Å². The summed E-state index contributed by atoms with van der Waals surface area (Å²) >= 11 is 0. The first-order valence-electron chi connectivity index (χ1n) is 11.3. The van der Waals surface area contributed by atoms with Crippen LogP contribution < -0.4 is 4.90 Å². The first kappa shape index (κ1) is 24.1. The minimum atomic E-state index is -0.297. The molecular formula is C28H30FN3O. The monoisotopic (exact) mass is 443 g/mol. The molecule has 1 aliphatic heterocycles. The van der Waals surface area contributed by atoms with Gasteiger partial charge in [0.2, 0.25) is 0 Å². The molecule has 0 radical (unpaired) electrons. The highest BCUT2D eigenvalue weighted by Gasteiger charge is 2.19. The standard InChI is InChI=1S/C28H30FN3O/c1-5-22-17-27(30-19-22)23-12-11-20(3)26(18-23)31-28(10-8-7-9-21(4)33)32(6-2)25-15-13-24(29)14-16-25/h1,6,11-16,18,22H,2,7-10,17,19H2,3-4H3. The van der Waals surface area contributed by atoms with Gasteiger partial charge in [0.15, 0.2) is 0 Å². The molecular weight excluding hydrogens is 413 g/mol. The number of aryl methyl sites for hydroxylation is 1. The number of rotatable bonds is 9. The minimum absolute atomic E-state index is 0.153. The number of halogens is 1. The Kier molecular flexibility index (Phi) is 8.32. The molecule has 1 aliphatic rings. The third-order valence-corrected chi connectivity index (χ3v) is 5.71. The van der Waals surface area contributed by atoms with Crippen LogP contribution in [0.1, 0.15) is 50.2 Å². The molecule has 0 bridgehead atoms. The van der Waals surface area contributed by atoms with Crippen molar-refractivity contribution in [3.63, 3.8) is 0 Å². The van der Waals surface area contributed by atoms with E-state index in [2.05, 4.69) is 29.6 Å². The van der Waals surface area contributed by atoms with Crippen molar-refractivity contribution >= 4 is 28.7 Å². The van der Waals surface area contributed by atoms with E-state index < -0.39 is 0 Å². The number of amidine groups is 1. The number of terminal acetylenes is 1. The second kappa shape index (κ2) is 11.4. The first-order valence-corrected chi connectivity index (χ1v) is 11.3. The molecule has 0 aromatic heterocycles.